The Morgan fingerprint density at radius 3 is 2.68 bits per heavy atom. The molecule has 0 radical (unpaired) electrons. The SMILES string of the molecule is O=C(O)CCCC=CC[C@@H]1[C@H](CNCc2ccccc2)[C@@H]2CC[C@H]1O2. The van der Waals surface area contributed by atoms with Gasteiger partial charge in [0.15, 0.2) is 0 Å². The number of ether oxygens (including phenoxy) is 1. The average Bonchev–Trinajstić information content (AvgIpc) is 3.21. The second-order valence-electron chi connectivity index (χ2n) is 7.23. The van der Waals surface area contributed by atoms with Crippen LogP contribution in [0.3, 0.4) is 0 Å². The van der Waals surface area contributed by atoms with Crippen LogP contribution in [0.15, 0.2) is 42.5 Å². The van der Waals surface area contributed by atoms with Crippen molar-refractivity contribution in [2.75, 3.05) is 6.54 Å². The second kappa shape index (κ2) is 9.16. The molecule has 0 aromatic heterocycles. The number of unbranched alkanes of at least 4 members (excludes halogenated alkanes) is 1. The van der Waals surface area contributed by atoms with E-state index < -0.39 is 5.97 Å². The van der Waals surface area contributed by atoms with Gasteiger partial charge in [-0.05, 0) is 43.6 Å². The number of hydrogen-bond donors (Lipinski definition) is 2. The number of carboxylic acid groups (broad SMARTS) is 1. The van der Waals surface area contributed by atoms with E-state index in [1.165, 1.54) is 18.4 Å². The first-order valence-electron chi connectivity index (χ1n) is 9.51. The van der Waals surface area contributed by atoms with Crippen molar-refractivity contribution >= 4 is 5.97 Å². The topological polar surface area (TPSA) is 58.6 Å². The van der Waals surface area contributed by atoms with Crippen LogP contribution in [0.2, 0.25) is 0 Å². The number of rotatable bonds is 10. The largest absolute Gasteiger partial charge is 0.481 e. The van der Waals surface area contributed by atoms with Crippen molar-refractivity contribution < 1.29 is 14.6 Å². The van der Waals surface area contributed by atoms with E-state index in [4.69, 9.17) is 9.84 Å². The fraction of sp³-hybridized carbons (Fsp3) is 0.571. The van der Waals surface area contributed by atoms with Gasteiger partial charge in [0.1, 0.15) is 0 Å². The summed E-state index contributed by atoms with van der Waals surface area (Å²) in [7, 11) is 0. The molecule has 0 amide bonds. The Kier molecular flexibility index (Phi) is 6.65. The minimum Gasteiger partial charge on any atom is -0.481 e. The molecule has 4 heteroatoms. The minimum absolute atomic E-state index is 0.258. The van der Waals surface area contributed by atoms with Crippen LogP contribution in [-0.2, 0) is 16.1 Å². The number of hydrogen-bond acceptors (Lipinski definition) is 3. The molecule has 0 aliphatic carbocycles. The summed E-state index contributed by atoms with van der Waals surface area (Å²) in [6, 6.07) is 10.5. The van der Waals surface area contributed by atoms with Gasteiger partial charge in [0.25, 0.3) is 0 Å². The van der Waals surface area contributed by atoms with Gasteiger partial charge in [-0.2, -0.15) is 0 Å². The molecular formula is C21H29NO3. The Morgan fingerprint density at radius 1 is 1.16 bits per heavy atom. The minimum atomic E-state index is -0.709. The molecule has 1 aromatic rings. The van der Waals surface area contributed by atoms with Crippen molar-refractivity contribution in [3.8, 4) is 0 Å². The predicted octanol–water partition coefficient (Wildman–Crippen LogP) is 3.77. The van der Waals surface area contributed by atoms with Crippen LogP contribution in [0.25, 0.3) is 0 Å². The number of carboxylic acids is 1. The summed E-state index contributed by atoms with van der Waals surface area (Å²) < 4.78 is 6.16. The van der Waals surface area contributed by atoms with Crippen LogP contribution >= 0.6 is 0 Å². The van der Waals surface area contributed by atoms with Crippen LogP contribution in [0.4, 0.5) is 0 Å². The maximum atomic E-state index is 10.5. The van der Waals surface area contributed by atoms with Crippen molar-refractivity contribution in [2.24, 2.45) is 11.8 Å². The lowest BCUT2D eigenvalue weighted by Gasteiger charge is -2.27. The zero-order valence-electron chi connectivity index (χ0n) is 14.8. The van der Waals surface area contributed by atoms with Crippen molar-refractivity contribution in [1.82, 2.24) is 5.32 Å². The quantitative estimate of drug-likeness (QED) is 0.501. The first-order chi connectivity index (χ1) is 12.2. The number of fused-ring (bicyclic) bond motifs is 2. The van der Waals surface area contributed by atoms with Crippen molar-refractivity contribution in [1.29, 1.82) is 0 Å². The van der Waals surface area contributed by atoms with Crippen LogP contribution in [0.1, 0.15) is 44.1 Å². The molecule has 3 rings (SSSR count). The summed E-state index contributed by atoms with van der Waals surface area (Å²) in [4.78, 5) is 10.5. The maximum Gasteiger partial charge on any atom is 0.303 e. The van der Waals surface area contributed by atoms with Crippen molar-refractivity contribution in [3.63, 3.8) is 0 Å². The summed E-state index contributed by atoms with van der Waals surface area (Å²) in [5.41, 5.74) is 1.32. The van der Waals surface area contributed by atoms with E-state index in [1.807, 2.05) is 6.07 Å². The van der Waals surface area contributed by atoms with Crippen molar-refractivity contribution in [2.45, 2.75) is 57.3 Å². The van der Waals surface area contributed by atoms with E-state index in [0.29, 0.717) is 24.0 Å². The lowest BCUT2D eigenvalue weighted by Crippen LogP contribution is -2.35. The number of allylic oxidation sites excluding steroid dienone is 2. The lowest BCUT2D eigenvalue weighted by molar-refractivity contribution is -0.137. The van der Waals surface area contributed by atoms with E-state index in [2.05, 4.69) is 41.7 Å². The van der Waals surface area contributed by atoms with Gasteiger partial charge in [-0.1, -0.05) is 42.5 Å². The van der Waals surface area contributed by atoms with E-state index >= 15 is 0 Å². The highest BCUT2D eigenvalue weighted by atomic mass is 16.5. The van der Waals surface area contributed by atoms with Gasteiger partial charge in [-0.15, -0.1) is 0 Å². The molecule has 25 heavy (non-hydrogen) atoms. The number of carbonyl (C=O) groups is 1. The summed E-state index contributed by atoms with van der Waals surface area (Å²) in [6.45, 7) is 1.92. The molecular weight excluding hydrogens is 314 g/mol. The van der Waals surface area contributed by atoms with E-state index in [-0.39, 0.29) is 6.42 Å². The molecule has 2 bridgehead atoms. The van der Waals surface area contributed by atoms with Gasteiger partial charge < -0.3 is 15.2 Å². The Labute approximate surface area is 150 Å². The summed E-state index contributed by atoms with van der Waals surface area (Å²) >= 11 is 0. The molecule has 1 aromatic carbocycles. The molecule has 2 aliphatic heterocycles. The van der Waals surface area contributed by atoms with E-state index in [1.54, 1.807) is 0 Å². The Bertz CT molecular complexity index is 572. The third-order valence-electron chi connectivity index (χ3n) is 5.48. The van der Waals surface area contributed by atoms with E-state index in [0.717, 1.165) is 32.4 Å². The number of aliphatic carboxylic acids is 1. The predicted molar refractivity (Wildman–Crippen MR) is 98.3 cm³/mol. The highest BCUT2D eigenvalue weighted by Crippen LogP contribution is 2.44. The van der Waals surface area contributed by atoms with E-state index in [9.17, 15) is 4.79 Å². The van der Waals surface area contributed by atoms with Gasteiger partial charge in [0, 0.05) is 25.4 Å². The molecule has 2 aliphatic rings. The lowest BCUT2D eigenvalue weighted by atomic mass is 9.77. The van der Waals surface area contributed by atoms with Crippen LogP contribution in [0, 0.1) is 11.8 Å². The zero-order chi connectivity index (χ0) is 17.5. The Morgan fingerprint density at radius 2 is 1.92 bits per heavy atom. The first kappa shape index (κ1) is 18.2. The fourth-order valence-electron chi connectivity index (χ4n) is 4.20. The molecule has 4 nitrogen and oxygen atoms in total. The molecule has 2 N–H and O–H groups in total. The van der Waals surface area contributed by atoms with Gasteiger partial charge >= 0.3 is 5.97 Å². The van der Waals surface area contributed by atoms with Crippen LogP contribution < -0.4 is 5.32 Å². The summed E-state index contributed by atoms with van der Waals surface area (Å²) in [5, 5.41) is 12.3. The highest BCUT2D eigenvalue weighted by molar-refractivity contribution is 5.66. The molecule has 2 heterocycles. The molecule has 136 valence electrons. The fourth-order valence-corrected chi connectivity index (χ4v) is 4.20. The smallest absolute Gasteiger partial charge is 0.303 e. The third-order valence-corrected chi connectivity index (χ3v) is 5.48. The van der Waals surface area contributed by atoms with Crippen LogP contribution in [0.5, 0.6) is 0 Å². The molecule has 2 fully saturated rings. The van der Waals surface area contributed by atoms with Crippen LogP contribution in [-0.4, -0.2) is 29.8 Å². The normalized spacial score (nSPS) is 28.0. The van der Waals surface area contributed by atoms with Gasteiger partial charge in [0.2, 0.25) is 0 Å². The summed E-state index contributed by atoms with van der Waals surface area (Å²) in [6.07, 6.45) is 10.5. The number of benzene rings is 1. The second-order valence-corrected chi connectivity index (χ2v) is 7.23. The van der Waals surface area contributed by atoms with Gasteiger partial charge in [0.05, 0.1) is 12.2 Å². The molecule has 4 atom stereocenters. The third kappa shape index (κ3) is 5.16. The first-order valence-corrected chi connectivity index (χ1v) is 9.51. The molecule has 2 saturated heterocycles. The maximum absolute atomic E-state index is 10.5. The highest BCUT2D eigenvalue weighted by Gasteiger charge is 2.47. The van der Waals surface area contributed by atoms with Gasteiger partial charge in [-0.25, -0.2) is 0 Å². The number of nitrogens with one attached hydrogen (secondary N) is 1. The zero-order valence-corrected chi connectivity index (χ0v) is 14.8. The van der Waals surface area contributed by atoms with Crippen molar-refractivity contribution in [3.05, 3.63) is 48.0 Å². The molecule has 0 saturated carbocycles. The molecule has 0 unspecified atom stereocenters. The Hall–Kier alpha value is -1.65. The monoisotopic (exact) mass is 343 g/mol. The Balaban J connectivity index is 1.43. The molecule has 0 spiro atoms. The average molecular weight is 343 g/mol. The summed E-state index contributed by atoms with van der Waals surface area (Å²) in [5.74, 6) is 0.475. The standard InChI is InChI=1S/C21H29NO3/c23-21(24)11-7-2-1-6-10-17-18(20-13-12-19(17)25-20)15-22-14-16-8-4-3-5-9-16/h1,3-6,8-9,17-20,22H,2,7,10-15H2,(H,23,24)/t17-,18+,19-,20+/m1/s1. The van der Waals surface area contributed by atoms with Gasteiger partial charge in [-0.3, -0.25) is 4.79 Å².